The average molecular weight is 253 g/mol. The molecule has 0 saturated heterocycles. The van der Waals surface area contributed by atoms with Crippen molar-refractivity contribution in [1.82, 2.24) is 5.32 Å². The quantitative estimate of drug-likeness (QED) is 0.859. The van der Waals surface area contributed by atoms with E-state index in [1.165, 1.54) is 12.5 Å². The van der Waals surface area contributed by atoms with E-state index in [9.17, 15) is 8.78 Å². The minimum absolute atomic E-state index is 0.161. The maximum absolute atomic E-state index is 13.9. The van der Waals surface area contributed by atoms with E-state index in [-0.39, 0.29) is 5.92 Å². The van der Waals surface area contributed by atoms with Crippen LogP contribution < -0.4 is 5.32 Å². The lowest BCUT2D eigenvalue weighted by Crippen LogP contribution is -2.30. The highest BCUT2D eigenvalue weighted by atomic mass is 19.2. The second kappa shape index (κ2) is 6.28. The first-order chi connectivity index (χ1) is 8.74. The number of hydrogen-bond donors (Lipinski definition) is 1. The van der Waals surface area contributed by atoms with Gasteiger partial charge >= 0.3 is 0 Å². The highest BCUT2D eigenvalue weighted by Gasteiger charge is 2.28. The Morgan fingerprint density at radius 1 is 1.22 bits per heavy atom. The number of hydrogen-bond acceptors (Lipinski definition) is 1. The van der Waals surface area contributed by atoms with E-state index in [0.717, 1.165) is 32.4 Å². The van der Waals surface area contributed by atoms with Gasteiger partial charge < -0.3 is 5.32 Å². The van der Waals surface area contributed by atoms with Crippen molar-refractivity contribution in [3.63, 3.8) is 0 Å². The van der Waals surface area contributed by atoms with Crippen LogP contribution in [0.5, 0.6) is 0 Å². The van der Waals surface area contributed by atoms with Gasteiger partial charge in [-0.25, -0.2) is 8.78 Å². The van der Waals surface area contributed by atoms with Crippen molar-refractivity contribution in [3.8, 4) is 0 Å². The number of nitrogens with one attached hydrogen (secondary N) is 1. The number of benzene rings is 1. The molecule has 1 nitrogen and oxygen atoms in total. The fourth-order valence-electron chi connectivity index (χ4n) is 3.00. The maximum Gasteiger partial charge on any atom is 0.162 e. The molecular formula is C15H21F2N. The van der Waals surface area contributed by atoms with Crippen LogP contribution in [0.25, 0.3) is 0 Å². The van der Waals surface area contributed by atoms with Crippen molar-refractivity contribution in [3.05, 3.63) is 35.4 Å². The Bertz CT molecular complexity index is 392. The van der Waals surface area contributed by atoms with Gasteiger partial charge in [-0.3, -0.25) is 0 Å². The standard InChI is InChI=1S/C15H21F2N/c1-2-18-10-11-6-3-4-7-12(11)13-8-5-9-14(16)15(13)17/h5,8-9,11-12,18H,2-4,6-7,10H2,1H3. The fourth-order valence-corrected chi connectivity index (χ4v) is 3.00. The van der Waals surface area contributed by atoms with Crippen LogP contribution in [0.1, 0.15) is 44.1 Å². The van der Waals surface area contributed by atoms with Gasteiger partial charge in [-0.2, -0.15) is 0 Å². The van der Waals surface area contributed by atoms with Crippen LogP contribution in [-0.2, 0) is 0 Å². The smallest absolute Gasteiger partial charge is 0.162 e. The molecule has 1 N–H and O–H groups in total. The molecule has 2 rings (SSSR count). The molecule has 1 aromatic rings. The second-order valence-electron chi connectivity index (χ2n) is 5.10. The highest BCUT2D eigenvalue weighted by molar-refractivity contribution is 5.24. The second-order valence-corrected chi connectivity index (χ2v) is 5.10. The monoisotopic (exact) mass is 253 g/mol. The predicted octanol–water partition coefficient (Wildman–Crippen LogP) is 3.85. The van der Waals surface area contributed by atoms with Crippen molar-refractivity contribution >= 4 is 0 Å². The molecule has 18 heavy (non-hydrogen) atoms. The van der Waals surface area contributed by atoms with Crippen LogP contribution in [0.2, 0.25) is 0 Å². The number of rotatable bonds is 4. The van der Waals surface area contributed by atoms with Crippen LogP contribution in [0.15, 0.2) is 18.2 Å². The molecule has 0 spiro atoms. The Hall–Kier alpha value is -0.960. The van der Waals surface area contributed by atoms with Gasteiger partial charge in [-0.05, 0) is 49.4 Å². The minimum atomic E-state index is -0.722. The summed E-state index contributed by atoms with van der Waals surface area (Å²) < 4.78 is 27.2. The molecule has 0 bridgehead atoms. The summed E-state index contributed by atoms with van der Waals surface area (Å²) in [6.45, 7) is 3.90. The molecular weight excluding hydrogens is 232 g/mol. The first kappa shape index (κ1) is 13.5. The van der Waals surface area contributed by atoms with Gasteiger partial charge in [0.05, 0.1) is 0 Å². The van der Waals surface area contributed by atoms with Gasteiger partial charge in [-0.1, -0.05) is 31.9 Å². The van der Waals surface area contributed by atoms with Gasteiger partial charge in [-0.15, -0.1) is 0 Å². The Morgan fingerprint density at radius 3 is 2.78 bits per heavy atom. The molecule has 0 heterocycles. The SMILES string of the molecule is CCNCC1CCCCC1c1cccc(F)c1F. The maximum atomic E-state index is 13.9. The molecule has 0 aliphatic heterocycles. The molecule has 1 aliphatic carbocycles. The van der Waals surface area contributed by atoms with Crippen LogP contribution >= 0.6 is 0 Å². The van der Waals surface area contributed by atoms with E-state index >= 15 is 0 Å². The molecule has 0 radical (unpaired) electrons. The summed E-state index contributed by atoms with van der Waals surface area (Å²) in [4.78, 5) is 0. The summed E-state index contributed by atoms with van der Waals surface area (Å²) in [6, 6.07) is 4.56. The van der Waals surface area contributed by atoms with Gasteiger partial charge in [0.15, 0.2) is 11.6 Å². The first-order valence-electron chi connectivity index (χ1n) is 6.88. The van der Waals surface area contributed by atoms with Crippen molar-refractivity contribution in [2.24, 2.45) is 5.92 Å². The molecule has 0 amide bonds. The Labute approximate surface area is 108 Å². The molecule has 3 heteroatoms. The Morgan fingerprint density at radius 2 is 2.00 bits per heavy atom. The van der Waals surface area contributed by atoms with Crippen molar-refractivity contribution in [2.45, 2.75) is 38.5 Å². The van der Waals surface area contributed by atoms with E-state index in [1.54, 1.807) is 12.1 Å². The van der Waals surface area contributed by atoms with Crippen molar-refractivity contribution in [1.29, 1.82) is 0 Å². The highest BCUT2D eigenvalue weighted by Crippen LogP contribution is 2.38. The molecule has 2 unspecified atom stereocenters. The lowest BCUT2D eigenvalue weighted by Gasteiger charge is -2.32. The van der Waals surface area contributed by atoms with Gasteiger partial charge in [0.2, 0.25) is 0 Å². The fraction of sp³-hybridized carbons (Fsp3) is 0.600. The molecule has 1 aliphatic rings. The lowest BCUT2D eigenvalue weighted by molar-refractivity contribution is 0.289. The predicted molar refractivity (Wildman–Crippen MR) is 69.6 cm³/mol. The zero-order valence-electron chi connectivity index (χ0n) is 10.9. The van der Waals surface area contributed by atoms with Crippen molar-refractivity contribution < 1.29 is 8.78 Å². The average Bonchev–Trinajstić information content (AvgIpc) is 2.40. The van der Waals surface area contributed by atoms with Crippen molar-refractivity contribution in [2.75, 3.05) is 13.1 Å². The summed E-state index contributed by atoms with van der Waals surface area (Å²) >= 11 is 0. The Kier molecular flexibility index (Phi) is 4.70. The Balaban J connectivity index is 2.19. The van der Waals surface area contributed by atoms with E-state index in [4.69, 9.17) is 0 Å². The third-order valence-electron chi connectivity index (χ3n) is 3.95. The van der Waals surface area contributed by atoms with E-state index < -0.39 is 11.6 Å². The first-order valence-corrected chi connectivity index (χ1v) is 6.88. The summed E-state index contributed by atoms with van der Waals surface area (Å²) in [5.41, 5.74) is 0.567. The minimum Gasteiger partial charge on any atom is -0.317 e. The van der Waals surface area contributed by atoms with E-state index in [0.29, 0.717) is 11.5 Å². The molecule has 2 atom stereocenters. The van der Waals surface area contributed by atoms with E-state index in [2.05, 4.69) is 12.2 Å². The normalized spacial score (nSPS) is 24.2. The van der Waals surface area contributed by atoms with Crippen LogP contribution in [0.3, 0.4) is 0 Å². The van der Waals surface area contributed by atoms with Crippen LogP contribution in [0, 0.1) is 17.6 Å². The van der Waals surface area contributed by atoms with E-state index in [1.807, 2.05) is 0 Å². The van der Waals surface area contributed by atoms with Crippen LogP contribution in [-0.4, -0.2) is 13.1 Å². The summed E-state index contributed by atoms with van der Waals surface area (Å²) in [6.07, 6.45) is 4.39. The summed E-state index contributed by atoms with van der Waals surface area (Å²) in [5, 5.41) is 3.34. The van der Waals surface area contributed by atoms with Gasteiger partial charge in [0, 0.05) is 0 Å². The van der Waals surface area contributed by atoms with Crippen LogP contribution in [0.4, 0.5) is 8.78 Å². The lowest BCUT2D eigenvalue weighted by atomic mass is 9.75. The molecule has 1 aromatic carbocycles. The topological polar surface area (TPSA) is 12.0 Å². The van der Waals surface area contributed by atoms with Gasteiger partial charge in [0.25, 0.3) is 0 Å². The zero-order chi connectivity index (χ0) is 13.0. The largest absolute Gasteiger partial charge is 0.317 e. The molecule has 100 valence electrons. The summed E-state index contributed by atoms with van der Waals surface area (Å²) in [5.74, 6) is -0.783. The third-order valence-corrected chi connectivity index (χ3v) is 3.95. The zero-order valence-corrected chi connectivity index (χ0v) is 10.9. The number of halogens is 2. The summed E-state index contributed by atoms with van der Waals surface area (Å²) in [7, 11) is 0. The third kappa shape index (κ3) is 2.89. The molecule has 1 saturated carbocycles. The molecule has 1 fully saturated rings. The molecule has 0 aromatic heterocycles. The van der Waals surface area contributed by atoms with Gasteiger partial charge in [0.1, 0.15) is 0 Å².